The van der Waals surface area contributed by atoms with Crippen molar-refractivity contribution in [3.8, 4) is 0 Å². The van der Waals surface area contributed by atoms with Crippen molar-refractivity contribution in [3.63, 3.8) is 0 Å². The van der Waals surface area contributed by atoms with Crippen LogP contribution in [0.3, 0.4) is 0 Å². The second-order valence-corrected chi connectivity index (χ2v) is 4.72. The predicted molar refractivity (Wildman–Crippen MR) is 67.5 cm³/mol. The second kappa shape index (κ2) is 6.39. The summed E-state index contributed by atoms with van der Waals surface area (Å²) in [6, 6.07) is -0.790. The summed E-state index contributed by atoms with van der Waals surface area (Å²) in [6.07, 6.45) is 2.18. The smallest absolute Gasteiger partial charge is 0.326 e. The number of amides is 1. The van der Waals surface area contributed by atoms with E-state index in [1.54, 1.807) is 5.38 Å². The largest absolute Gasteiger partial charge is 0.480 e. The molecule has 1 aromatic rings. The topological polar surface area (TPSA) is 66.4 Å². The average molecular weight is 255 g/mol. The molecule has 0 aliphatic rings. The standard InChI is InChI=1S/C12H17NO3S/c1-3-4-5-10(12(15)16)13-11(14)9-7-17-6-8(9)2/h6-7,10H,3-5H2,1-2H3,(H,13,14)(H,15,16)/t10-/m0/s1. The lowest BCUT2D eigenvalue weighted by atomic mass is 10.1. The molecule has 2 N–H and O–H groups in total. The molecule has 0 saturated carbocycles. The number of aryl methyl sites for hydroxylation is 1. The summed E-state index contributed by atoms with van der Waals surface area (Å²) in [5, 5.41) is 15.2. The van der Waals surface area contributed by atoms with Gasteiger partial charge in [-0.05, 0) is 24.3 Å². The number of carboxylic acid groups (broad SMARTS) is 1. The Morgan fingerprint density at radius 2 is 2.18 bits per heavy atom. The second-order valence-electron chi connectivity index (χ2n) is 3.97. The molecule has 94 valence electrons. The van der Waals surface area contributed by atoms with Crippen LogP contribution >= 0.6 is 11.3 Å². The zero-order valence-corrected chi connectivity index (χ0v) is 10.8. The third-order valence-corrected chi connectivity index (χ3v) is 3.41. The number of carboxylic acids is 1. The van der Waals surface area contributed by atoms with E-state index < -0.39 is 12.0 Å². The maximum Gasteiger partial charge on any atom is 0.326 e. The van der Waals surface area contributed by atoms with Crippen molar-refractivity contribution in [2.24, 2.45) is 0 Å². The Hall–Kier alpha value is -1.36. The summed E-state index contributed by atoms with van der Waals surface area (Å²) in [5.41, 5.74) is 1.45. The molecular weight excluding hydrogens is 238 g/mol. The van der Waals surface area contributed by atoms with Crippen LogP contribution in [0.1, 0.15) is 42.1 Å². The van der Waals surface area contributed by atoms with Gasteiger partial charge in [0, 0.05) is 5.38 Å². The van der Waals surface area contributed by atoms with Crippen LogP contribution in [-0.2, 0) is 4.79 Å². The fourth-order valence-corrected chi connectivity index (χ4v) is 2.32. The molecule has 0 aliphatic carbocycles. The van der Waals surface area contributed by atoms with Gasteiger partial charge in [-0.15, -0.1) is 0 Å². The van der Waals surface area contributed by atoms with E-state index in [1.807, 2.05) is 19.2 Å². The summed E-state index contributed by atoms with van der Waals surface area (Å²) in [4.78, 5) is 22.8. The van der Waals surface area contributed by atoms with Gasteiger partial charge in [0.2, 0.25) is 0 Å². The first-order valence-corrected chi connectivity index (χ1v) is 6.57. The molecule has 4 nitrogen and oxygen atoms in total. The highest BCUT2D eigenvalue weighted by atomic mass is 32.1. The highest BCUT2D eigenvalue weighted by Gasteiger charge is 2.20. The van der Waals surface area contributed by atoms with E-state index in [1.165, 1.54) is 11.3 Å². The number of carbonyl (C=O) groups is 2. The van der Waals surface area contributed by atoms with E-state index >= 15 is 0 Å². The minimum atomic E-state index is -0.973. The number of hydrogen-bond donors (Lipinski definition) is 2. The number of thiophene rings is 1. The summed E-state index contributed by atoms with van der Waals surface area (Å²) >= 11 is 1.44. The van der Waals surface area contributed by atoms with E-state index in [2.05, 4.69) is 5.32 Å². The number of carbonyl (C=O) groups excluding carboxylic acids is 1. The number of nitrogens with one attached hydrogen (secondary N) is 1. The van der Waals surface area contributed by atoms with E-state index in [9.17, 15) is 9.59 Å². The van der Waals surface area contributed by atoms with Gasteiger partial charge in [0.15, 0.2) is 0 Å². The molecule has 0 radical (unpaired) electrons. The normalized spacial score (nSPS) is 12.1. The quantitative estimate of drug-likeness (QED) is 0.820. The highest BCUT2D eigenvalue weighted by Crippen LogP contribution is 2.14. The first-order valence-electron chi connectivity index (χ1n) is 5.62. The molecule has 1 aromatic heterocycles. The molecule has 0 fully saturated rings. The lowest BCUT2D eigenvalue weighted by Crippen LogP contribution is -2.40. The van der Waals surface area contributed by atoms with Crippen molar-refractivity contribution in [2.75, 3.05) is 0 Å². The van der Waals surface area contributed by atoms with Crippen LogP contribution in [-0.4, -0.2) is 23.0 Å². The molecule has 0 saturated heterocycles. The molecule has 0 aromatic carbocycles. The molecule has 0 aliphatic heterocycles. The van der Waals surface area contributed by atoms with Crippen LogP contribution < -0.4 is 5.32 Å². The van der Waals surface area contributed by atoms with Gasteiger partial charge in [-0.25, -0.2) is 4.79 Å². The molecule has 0 bridgehead atoms. The Kier molecular flexibility index (Phi) is 5.15. The Bertz CT molecular complexity index is 400. The molecule has 1 atom stereocenters. The predicted octanol–water partition coefficient (Wildman–Crippen LogP) is 2.43. The summed E-state index contributed by atoms with van der Waals surface area (Å²) < 4.78 is 0. The Balaban J connectivity index is 2.64. The van der Waals surface area contributed by atoms with Gasteiger partial charge < -0.3 is 10.4 Å². The van der Waals surface area contributed by atoms with Gasteiger partial charge in [-0.2, -0.15) is 11.3 Å². The van der Waals surface area contributed by atoms with Gasteiger partial charge in [0.25, 0.3) is 5.91 Å². The molecule has 5 heteroatoms. The van der Waals surface area contributed by atoms with Crippen LogP contribution in [0.5, 0.6) is 0 Å². The summed E-state index contributed by atoms with van der Waals surface area (Å²) in [7, 11) is 0. The maximum atomic E-state index is 11.8. The zero-order valence-electron chi connectivity index (χ0n) is 10.0. The van der Waals surface area contributed by atoms with E-state index in [4.69, 9.17) is 5.11 Å². The average Bonchev–Trinajstić information content (AvgIpc) is 2.70. The first-order chi connectivity index (χ1) is 8.06. The maximum absolute atomic E-state index is 11.8. The monoisotopic (exact) mass is 255 g/mol. The van der Waals surface area contributed by atoms with Crippen molar-refractivity contribution in [1.82, 2.24) is 5.32 Å². The number of aliphatic carboxylic acids is 1. The van der Waals surface area contributed by atoms with E-state index in [-0.39, 0.29) is 5.91 Å². The SMILES string of the molecule is CCCC[C@H](NC(=O)c1cscc1C)C(=O)O. The molecular formula is C12H17NO3S. The molecule has 0 spiro atoms. The molecule has 0 unspecified atom stereocenters. The van der Waals surface area contributed by atoms with Crippen molar-refractivity contribution >= 4 is 23.2 Å². The fraction of sp³-hybridized carbons (Fsp3) is 0.500. The van der Waals surface area contributed by atoms with Crippen LogP contribution in [0.25, 0.3) is 0 Å². The van der Waals surface area contributed by atoms with Crippen molar-refractivity contribution in [1.29, 1.82) is 0 Å². The van der Waals surface area contributed by atoms with Crippen molar-refractivity contribution in [2.45, 2.75) is 39.2 Å². The molecule has 17 heavy (non-hydrogen) atoms. The highest BCUT2D eigenvalue weighted by molar-refractivity contribution is 7.08. The summed E-state index contributed by atoms with van der Waals surface area (Å²) in [6.45, 7) is 3.83. The van der Waals surface area contributed by atoms with E-state index in [0.717, 1.165) is 18.4 Å². The fourth-order valence-electron chi connectivity index (χ4n) is 1.49. The van der Waals surface area contributed by atoms with Crippen LogP contribution in [0.2, 0.25) is 0 Å². The third-order valence-electron chi connectivity index (χ3n) is 2.55. The Morgan fingerprint density at radius 3 is 2.65 bits per heavy atom. The van der Waals surface area contributed by atoms with Crippen molar-refractivity contribution in [3.05, 3.63) is 21.9 Å². The van der Waals surface area contributed by atoms with E-state index in [0.29, 0.717) is 12.0 Å². The number of rotatable bonds is 6. The van der Waals surface area contributed by atoms with Gasteiger partial charge in [-0.1, -0.05) is 19.8 Å². The molecule has 1 heterocycles. The Labute approximate surface area is 105 Å². The minimum absolute atomic E-state index is 0.299. The Morgan fingerprint density at radius 1 is 1.47 bits per heavy atom. The van der Waals surface area contributed by atoms with Crippen LogP contribution in [0.4, 0.5) is 0 Å². The lowest BCUT2D eigenvalue weighted by Gasteiger charge is -2.13. The van der Waals surface area contributed by atoms with Crippen LogP contribution in [0.15, 0.2) is 10.8 Å². The third kappa shape index (κ3) is 3.85. The number of unbranched alkanes of at least 4 members (excludes halogenated alkanes) is 1. The molecule has 1 rings (SSSR count). The van der Waals surface area contributed by atoms with Gasteiger partial charge in [0.05, 0.1) is 5.56 Å². The van der Waals surface area contributed by atoms with Gasteiger partial charge >= 0.3 is 5.97 Å². The number of hydrogen-bond acceptors (Lipinski definition) is 3. The van der Waals surface area contributed by atoms with Crippen LogP contribution in [0, 0.1) is 6.92 Å². The van der Waals surface area contributed by atoms with Gasteiger partial charge in [0.1, 0.15) is 6.04 Å². The van der Waals surface area contributed by atoms with Gasteiger partial charge in [-0.3, -0.25) is 4.79 Å². The lowest BCUT2D eigenvalue weighted by molar-refractivity contribution is -0.139. The zero-order chi connectivity index (χ0) is 12.8. The first kappa shape index (κ1) is 13.7. The minimum Gasteiger partial charge on any atom is -0.480 e. The molecule has 1 amide bonds. The van der Waals surface area contributed by atoms with Crippen molar-refractivity contribution < 1.29 is 14.7 Å². The summed E-state index contributed by atoms with van der Waals surface area (Å²) in [5.74, 6) is -1.27.